The number of halogens is 1. The van der Waals surface area contributed by atoms with Crippen LogP contribution in [0.2, 0.25) is 5.15 Å². The van der Waals surface area contributed by atoms with Gasteiger partial charge in [-0.25, -0.2) is 0 Å². The highest BCUT2D eigenvalue weighted by Gasteiger charge is 2.34. The SMILES string of the molecule is Cc1nn(C)c(Cl)c1[C@H]1CCCN1C(=O)CC[C@@H]1CCCO1. The van der Waals surface area contributed by atoms with E-state index in [1.165, 1.54) is 0 Å². The van der Waals surface area contributed by atoms with E-state index >= 15 is 0 Å². The molecule has 0 unspecified atom stereocenters. The van der Waals surface area contributed by atoms with Gasteiger partial charge in [-0.3, -0.25) is 9.48 Å². The number of rotatable bonds is 4. The highest BCUT2D eigenvalue weighted by molar-refractivity contribution is 6.30. The van der Waals surface area contributed by atoms with Crippen LogP contribution < -0.4 is 0 Å². The molecule has 0 bridgehead atoms. The van der Waals surface area contributed by atoms with Gasteiger partial charge in [0, 0.05) is 32.2 Å². The van der Waals surface area contributed by atoms with Gasteiger partial charge >= 0.3 is 0 Å². The molecule has 2 fully saturated rings. The molecule has 0 saturated carbocycles. The van der Waals surface area contributed by atoms with Gasteiger partial charge in [-0.2, -0.15) is 5.10 Å². The average Bonchev–Trinajstić information content (AvgIpc) is 3.19. The van der Waals surface area contributed by atoms with Gasteiger partial charge in [-0.1, -0.05) is 11.6 Å². The van der Waals surface area contributed by atoms with Gasteiger partial charge in [0.2, 0.25) is 5.91 Å². The van der Waals surface area contributed by atoms with E-state index in [4.69, 9.17) is 16.3 Å². The first-order valence-electron chi connectivity index (χ1n) is 8.18. The Balaban J connectivity index is 1.68. The third-order valence-corrected chi connectivity index (χ3v) is 5.25. The number of nitrogens with zero attached hydrogens (tertiary/aromatic N) is 3. The molecule has 2 aliphatic heterocycles. The maximum Gasteiger partial charge on any atom is 0.223 e. The number of carbonyl (C=O) groups is 1. The highest BCUT2D eigenvalue weighted by Crippen LogP contribution is 2.38. The maximum absolute atomic E-state index is 12.6. The number of hydrogen-bond acceptors (Lipinski definition) is 3. The van der Waals surface area contributed by atoms with E-state index in [2.05, 4.69) is 5.10 Å². The molecule has 2 atom stereocenters. The van der Waals surface area contributed by atoms with Crippen molar-refractivity contribution in [3.63, 3.8) is 0 Å². The van der Waals surface area contributed by atoms with E-state index in [0.29, 0.717) is 11.6 Å². The maximum atomic E-state index is 12.6. The number of aryl methyl sites for hydroxylation is 2. The summed E-state index contributed by atoms with van der Waals surface area (Å²) in [6.07, 6.45) is 5.88. The van der Waals surface area contributed by atoms with Crippen LogP contribution in [0.15, 0.2) is 0 Å². The van der Waals surface area contributed by atoms with E-state index in [-0.39, 0.29) is 18.1 Å². The van der Waals surface area contributed by atoms with Crippen molar-refractivity contribution in [2.75, 3.05) is 13.2 Å². The normalized spacial score (nSPS) is 25.1. The molecule has 3 heterocycles. The topological polar surface area (TPSA) is 47.4 Å². The molecule has 22 heavy (non-hydrogen) atoms. The van der Waals surface area contributed by atoms with Gasteiger partial charge in [0.1, 0.15) is 5.15 Å². The Kier molecular flexibility index (Phi) is 4.73. The van der Waals surface area contributed by atoms with Crippen LogP contribution in [0.25, 0.3) is 0 Å². The van der Waals surface area contributed by atoms with Crippen LogP contribution in [0.5, 0.6) is 0 Å². The molecule has 2 saturated heterocycles. The minimum atomic E-state index is 0.0817. The Bertz CT molecular complexity index is 552. The first kappa shape index (κ1) is 15.8. The van der Waals surface area contributed by atoms with Gasteiger partial charge in [0.15, 0.2) is 0 Å². The molecule has 0 aliphatic carbocycles. The van der Waals surface area contributed by atoms with Crippen LogP contribution in [0.3, 0.4) is 0 Å². The Morgan fingerprint density at radius 1 is 1.41 bits per heavy atom. The Labute approximate surface area is 136 Å². The molecule has 1 aromatic rings. The lowest BCUT2D eigenvalue weighted by Gasteiger charge is -2.25. The van der Waals surface area contributed by atoms with E-state index in [0.717, 1.165) is 56.5 Å². The Morgan fingerprint density at radius 3 is 2.86 bits per heavy atom. The molecule has 1 amide bonds. The van der Waals surface area contributed by atoms with Crippen LogP contribution in [0.4, 0.5) is 0 Å². The minimum Gasteiger partial charge on any atom is -0.378 e. The third kappa shape index (κ3) is 3.01. The molecule has 6 heteroatoms. The van der Waals surface area contributed by atoms with Crippen molar-refractivity contribution >= 4 is 17.5 Å². The third-order valence-electron chi connectivity index (χ3n) is 4.81. The lowest BCUT2D eigenvalue weighted by molar-refractivity contribution is -0.132. The summed E-state index contributed by atoms with van der Waals surface area (Å²) in [7, 11) is 1.84. The Hall–Kier alpha value is -1.07. The van der Waals surface area contributed by atoms with Gasteiger partial charge in [0.25, 0.3) is 0 Å². The zero-order chi connectivity index (χ0) is 15.7. The van der Waals surface area contributed by atoms with Crippen molar-refractivity contribution in [2.45, 2.75) is 57.6 Å². The highest BCUT2D eigenvalue weighted by atomic mass is 35.5. The first-order chi connectivity index (χ1) is 10.6. The predicted molar refractivity (Wildman–Crippen MR) is 84.9 cm³/mol. The summed E-state index contributed by atoms with van der Waals surface area (Å²) in [4.78, 5) is 14.6. The molecule has 2 aliphatic rings. The van der Waals surface area contributed by atoms with Gasteiger partial charge in [-0.15, -0.1) is 0 Å². The van der Waals surface area contributed by atoms with Crippen LogP contribution in [0.1, 0.15) is 55.8 Å². The van der Waals surface area contributed by atoms with E-state index in [9.17, 15) is 4.79 Å². The molecule has 122 valence electrons. The molecule has 1 aromatic heterocycles. The van der Waals surface area contributed by atoms with E-state index in [1.807, 2.05) is 18.9 Å². The number of hydrogen-bond donors (Lipinski definition) is 0. The van der Waals surface area contributed by atoms with Crippen LogP contribution in [-0.4, -0.2) is 39.8 Å². The molecule has 5 nitrogen and oxygen atoms in total. The summed E-state index contributed by atoms with van der Waals surface area (Å²) in [5, 5.41) is 5.04. The van der Waals surface area contributed by atoms with Crippen LogP contribution >= 0.6 is 11.6 Å². The smallest absolute Gasteiger partial charge is 0.223 e. The molecular weight excluding hydrogens is 302 g/mol. The van der Waals surface area contributed by atoms with Gasteiger partial charge in [-0.05, 0) is 39.0 Å². The predicted octanol–water partition coefficient (Wildman–Crippen LogP) is 3.00. The van der Waals surface area contributed by atoms with E-state index < -0.39 is 0 Å². The second kappa shape index (κ2) is 6.59. The largest absolute Gasteiger partial charge is 0.378 e. The number of carbonyl (C=O) groups excluding carboxylic acids is 1. The second-order valence-electron chi connectivity index (χ2n) is 6.33. The Morgan fingerprint density at radius 2 is 2.23 bits per heavy atom. The average molecular weight is 326 g/mol. The fraction of sp³-hybridized carbons (Fsp3) is 0.750. The number of aromatic nitrogens is 2. The zero-order valence-electron chi connectivity index (χ0n) is 13.3. The molecule has 0 spiro atoms. The van der Waals surface area contributed by atoms with Gasteiger partial charge < -0.3 is 9.64 Å². The van der Waals surface area contributed by atoms with Crippen molar-refractivity contribution in [1.82, 2.24) is 14.7 Å². The molecule has 0 aromatic carbocycles. The standard InChI is InChI=1S/C16H24ClN3O2/c1-11-15(16(17)19(2)18-11)13-6-3-9-20(13)14(21)8-7-12-5-4-10-22-12/h12-13H,3-10H2,1-2H3/t12-,13+/m0/s1. The van der Waals surface area contributed by atoms with Crippen molar-refractivity contribution < 1.29 is 9.53 Å². The summed E-state index contributed by atoms with van der Waals surface area (Å²) >= 11 is 6.39. The van der Waals surface area contributed by atoms with E-state index in [1.54, 1.807) is 4.68 Å². The fourth-order valence-electron chi connectivity index (χ4n) is 3.69. The first-order valence-corrected chi connectivity index (χ1v) is 8.55. The zero-order valence-corrected chi connectivity index (χ0v) is 14.1. The van der Waals surface area contributed by atoms with Gasteiger partial charge in [0.05, 0.1) is 17.8 Å². The summed E-state index contributed by atoms with van der Waals surface area (Å²) in [5.74, 6) is 0.220. The molecular formula is C16H24ClN3O2. The van der Waals surface area contributed by atoms with Crippen molar-refractivity contribution in [1.29, 1.82) is 0 Å². The quantitative estimate of drug-likeness (QED) is 0.855. The van der Waals surface area contributed by atoms with Crippen molar-refractivity contribution in [2.24, 2.45) is 7.05 Å². The van der Waals surface area contributed by atoms with Crippen molar-refractivity contribution in [3.8, 4) is 0 Å². The lowest BCUT2D eigenvalue weighted by atomic mass is 10.0. The number of likely N-dealkylation sites (tertiary alicyclic amines) is 1. The summed E-state index contributed by atoms with van der Waals surface area (Å²) in [5.41, 5.74) is 1.95. The minimum absolute atomic E-state index is 0.0817. The monoisotopic (exact) mass is 325 g/mol. The summed E-state index contributed by atoms with van der Waals surface area (Å²) < 4.78 is 7.31. The second-order valence-corrected chi connectivity index (χ2v) is 6.69. The molecule has 3 rings (SSSR count). The summed E-state index contributed by atoms with van der Waals surface area (Å²) in [6.45, 7) is 3.63. The number of amides is 1. The molecule has 0 radical (unpaired) electrons. The lowest BCUT2D eigenvalue weighted by Crippen LogP contribution is -2.31. The summed E-state index contributed by atoms with van der Waals surface area (Å²) in [6, 6.07) is 0.0817. The van der Waals surface area contributed by atoms with Crippen LogP contribution in [0, 0.1) is 6.92 Å². The molecule has 0 N–H and O–H groups in total. The van der Waals surface area contributed by atoms with Crippen LogP contribution in [-0.2, 0) is 16.6 Å². The fourth-order valence-corrected chi connectivity index (χ4v) is 3.99. The number of ether oxygens (including phenoxy) is 1. The van der Waals surface area contributed by atoms with Crippen molar-refractivity contribution in [3.05, 3.63) is 16.4 Å².